The molecule has 0 spiro atoms. The van der Waals surface area contributed by atoms with Gasteiger partial charge in [0.2, 0.25) is 0 Å². The number of carbonyl (C=O) groups excluding carboxylic acids is 1. The Balaban J connectivity index is 2.04. The summed E-state index contributed by atoms with van der Waals surface area (Å²) in [6.07, 6.45) is 3.36. The van der Waals surface area contributed by atoms with Gasteiger partial charge in [-0.25, -0.2) is 0 Å². The highest BCUT2D eigenvalue weighted by molar-refractivity contribution is 6.34. The topological polar surface area (TPSA) is 41.1 Å². The van der Waals surface area contributed by atoms with Crippen molar-refractivity contribution in [1.29, 1.82) is 0 Å². The first-order valence-electron chi connectivity index (χ1n) is 6.45. The zero-order valence-electron chi connectivity index (χ0n) is 10.6. The monoisotopic (exact) mass is 266 g/mol. The number of rotatable bonds is 2. The number of carbonyl (C=O) groups is 1. The summed E-state index contributed by atoms with van der Waals surface area (Å²) in [5.74, 6) is -0.0719. The molecule has 98 valence electrons. The van der Waals surface area contributed by atoms with Crippen LogP contribution in [0, 0.1) is 6.92 Å². The van der Waals surface area contributed by atoms with Crippen LogP contribution in [0.15, 0.2) is 18.2 Å². The second-order valence-corrected chi connectivity index (χ2v) is 5.18. The van der Waals surface area contributed by atoms with Crippen LogP contribution in [0.2, 0.25) is 5.02 Å². The summed E-state index contributed by atoms with van der Waals surface area (Å²) in [4.78, 5) is 12.2. The molecule has 2 rings (SSSR count). The third-order valence-electron chi connectivity index (χ3n) is 3.32. The molecule has 0 bridgehead atoms. The fraction of sp³-hybridized carbons (Fsp3) is 0.500. The fourth-order valence-electron chi connectivity index (χ4n) is 2.23. The maximum Gasteiger partial charge on any atom is 0.253 e. The van der Waals surface area contributed by atoms with Gasteiger partial charge in [-0.1, -0.05) is 30.2 Å². The van der Waals surface area contributed by atoms with E-state index in [4.69, 9.17) is 11.6 Å². The van der Waals surface area contributed by atoms with Crippen molar-refractivity contribution in [2.75, 3.05) is 13.1 Å². The summed E-state index contributed by atoms with van der Waals surface area (Å²) in [5, 5.41) is 6.94. The zero-order valence-corrected chi connectivity index (χ0v) is 11.4. The van der Waals surface area contributed by atoms with Gasteiger partial charge >= 0.3 is 0 Å². The maximum atomic E-state index is 12.2. The second-order valence-electron chi connectivity index (χ2n) is 4.81. The molecule has 3 nitrogen and oxygen atoms in total. The molecule has 1 heterocycles. The number of aryl methyl sites for hydroxylation is 1. The van der Waals surface area contributed by atoms with Crippen molar-refractivity contribution in [3.63, 3.8) is 0 Å². The smallest absolute Gasteiger partial charge is 0.253 e. The standard InChI is InChI=1S/C14H19ClN2O/c1-10-5-4-7-12(13(10)15)14(18)17-11-6-2-3-8-16-9-11/h4-5,7,11,16H,2-3,6,8-9H2,1H3,(H,17,18). The summed E-state index contributed by atoms with van der Waals surface area (Å²) >= 11 is 6.16. The molecule has 1 unspecified atom stereocenters. The van der Waals surface area contributed by atoms with E-state index in [1.165, 1.54) is 6.42 Å². The molecule has 2 N–H and O–H groups in total. The highest BCUT2D eigenvalue weighted by Crippen LogP contribution is 2.20. The molecule has 1 atom stereocenters. The summed E-state index contributed by atoms with van der Waals surface area (Å²) in [7, 11) is 0. The molecule has 1 aromatic carbocycles. The predicted molar refractivity (Wildman–Crippen MR) is 74.2 cm³/mol. The Kier molecular flexibility index (Phi) is 4.61. The largest absolute Gasteiger partial charge is 0.348 e. The summed E-state index contributed by atoms with van der Waals surface area (Å²) < 4.78 is 0. The average Bonchev–Trinajstić information content (AvgIpc) is 2.61. The molecular formula is C14H19ClN2O. The Morgan fingerprint density at radius 2 is 2.28 bits per heavy atom. The zero-order chi connectivity index (χ0) is 13.0. The quantitative estimate of drug-likeness (QED) is 0.864. The molecule has 0 saturated carbocycles. The average molecular weight is 267 g/mol. The van der Waals surface area contributed by atoms with E-state index in [0.717, 1.165) is 31.5 Å². The Labute approximate surface area is 113 Å². The van der Waals surface area contributed by atoms with Crippen molar-refractivity contribution in [3.8, 4) is 0 Å². The van der Waals surface area contributed by atoms with Gasteiger partial charge in [0, 0.05) is 12.6 Å². The van der Waals surface area contributed by atoms with Crippen molar-refractivity contribution < 1.29 is 4.79 Å². The first-order chi connectivity index (χ1) is 8.68. The Morgan fingerprint density at radius 1 is 1.44 bits per heavy atom. The molecule has 1 amide bonds. The van der Waals surface area contributed by atoms with Crippen molar-refractivity contribution >= 4 is 17.5 Å². The van der Waals surface area contributed by atoms with Gasteiger partial charge in [-0.05, 0) is 37.9 Å². The van der Waals surface area contributed by atoms with Gasteiger partial charge in [-0.15, -0.1) is 0 Å². The van der Waals surface area contributed by atoms with Crippen LogP contribution >= 0.6 is 11.6 Å². The predicted octanol–water partition coefficient (Wildman–Crippen LogP) is 2.52. The molecule has 1 aliphatic rings. The lowest BCUT2D eigenvalue weighted by molar-refractivity contribution is 0.0935. The van der Waals surface area contributed by atoms with Crippen LogP contribution in [0.4, 0.5) is 0 Å². The van der Waals surface area contributed by atoms with Crippen LogP contribution in [0.25, 0.3) is 0 Å². The molecule has 0 aliphatic carbocycles. The van der Waals surface area contributed by atoms with Crippen molar-refractivity contribution in [1.82, 2.24) is 10.6 Å². The van der Waals surface area contributed by atoms with Gasteiger partial charge in [0.05, 0.1) is 10.6 Å². The van der Waals surface area contributed by atoms with E-state index in [0.29, 0.717) is 10.6 Å². The van der Waals surface area contributed by atoms with Crippen LogP contribution in [0.3, 0.4) is 0 Å². The van der Waals surface area contributed by atoms with Crippen molar-refractivity contribution in [3.05, 3.63) is 34.3 Å². The Bertz CT molecular complexity index is 426. The summed E-state index contributed by atoms with van der Waals surface area (Å²) in [5.41, 5.74) is 1.50. The van der Waals surface area contributed by atoms with Gasteiger partial charge in [0.1, 0.15) is 0 Å². The molecule has 1 saturated heterocycles. The lowest BCUT2D eigenvalue weighted by Gasteiger charge is -2.17. The van der Waals surface area contributed by atoms with Gasteiger partial charge in [0.25, 0.3) is 5.91 Å². The van der Waals surface area contributed by atoms with E-state index in [9.17, 15) is 4.79 Å². The normalized spacial score (nSPS) is 20.2. The number of amides is 1. The van der Waals surface area contributed by atoms with E-state index in [1.54, 1.807) is 6.07 Å². The highest BCUT2D eigenvalue weighted by atomic mass is 35.5. The minimum atomic E-state index is -0.0719. The van der Waals surface area contributed by atoms with Crippen LogP contribution in [-0.2, 0) is 0 Å². The molecule has 1 aliphatic heterocycles. The number of halogens is 1. The molecule has 0 aromatic heterocycles. The first kappa shape index (κ1) is 13.4. The Morgan fingerprint density at radius 3 is 3.11 bits per heavy atom. The summed E-state index contributed by atoms with van der Waals surface area (Å²) in [6, 6.07) is 5.75. The minimum absolute atomic E-state index is 0.0719. The summed E-state index contributed by atoms with van der Waals surface area (Å²) in [6.45, 7) is 3.79. The van der Waals surface area contributed by atoms with Crippen molar-refractivity contribution in [2.24, 2.45) is 0 Å². The van der Waals surface area contributed by atoms with Gasteiger partial charge in [0.15, 0.2) is 0 Å². The van der Waals surface area contributed by atoms with Crippen LogP contribution in [0.5, 0.6) is 0 Å². The lowest BCUT2D eigenvalue weighted by Crippen LogP contribution is -2.40. The molecule has 0 radical (unpaired) electrons. The SMILES string of the molecule is Cc1cccc(C(=O)NC2CCCCNC2)c1Cl. The molecule has 4 heteroatoms. The van der Waals surface area contributed by atoms with Crippen LogP contribution in [0.1, 0.15) is 35.2 Å². The first-order valence-corrected chi connectivity index (χ1v) is 6.83. The number of benzene rings is 1. The van der Waals surface area contributed by atoms with Crippen LogP contribution in [-0.4, -0.2) is 25.0 Å². The second kappa shape index (κ2) is 6.21. The Hall–Kier alpha value is -1.06. The van der Waals surface area contributed by atoms with Gasteiger partial charge < -0.3 is 10.6 Å². The minimum Gasteiger partial charge on any atom is -0.348 e. The third-order valence-corrected chi connectivity index (χ3v) is 3.82. The number of nitrogens with one attached hydrogen (secondary N) is 2. The van der Waals surface area contributed by atoms with E-state index in [-0.39, 0.29) is 11.9 Å². The van der Waals surface area contributed by atoms with Crippen molar-refractivity contribution in [2.45, 2.75) is 32.2 Å². The van der Waals surface area contributed by atoms with Gasteiger partial charge in [-0.3, -0.25) is 4.79 Å². The fourth-order valence-corrected chi connectivity index (χ4v) is 2.44. The molecule has 1 fully saturated rings. The number of hydrogen-bond donors (Lipinski definition) is 2. The molecular weight excluding hydrogens is 248 g/mol. The van der Waals surface area contributed by atoms with Gasteiger partial charge in [-0.2, -0.15) is 0 Å². The third kappa shape index (κ3) is 3.24. The van der Waals surface area contributed by atoms with Crippen LogP contribution < -0.4 is 10.6 Å². The molecule has 1 aromatic rings. The maximum absolute atomic E-state index is 12.2. The van der Waals surface area contributed by atoms with E-state index < -0.39 is 0 Å². The highest BCUT2D eigenvalue weighted by Gasteiger charge is 2.17. The number of hydrogen-bond acceptors (Lipinski definition) is 2. The van der Waals surface area contributed by atoms with E-state index >= 15 is 0 Å². The van der Waals surface area contributed by atoms with E-state index in [2.05, 4.69) is 10.6 Å². The van der Waals surface area contributed by atoms with E-state index in [1.807, 2.05) is 19.1 Å². The molecule has 18 heavy (non-hydrogen) atoms. The lowest BCUT2D eigenvalue weighted by atomic mass is 10.1.